The lowest BCUT2D eigenvalue weighted by Gasteiger charge is -2.15. The van der Waals surface area contributed by atoms with Gasteiger partial charge in [-0.3, -0.25) is 19.2 Å². The molecule has 0 saturated heterocycles. The van der Waals surface area contributed by atoms with Crippen LogP contribution in [0.1, 0.15) is 383 Å². The number of nitrogens with zero attached hydrogens (tertiary/aromatic N) is 2. The highest BCUT2D eigenvalue weighted by Gasteiger charge is 2.35. The second-order valence-electron chi connectivity index (χ2n) is 23.5. The number of hydrogen-bond acceptors (Lipinski definition) is 4. The van der Waals surface area contributed by atoms with Crippen molar-refractivity contribution >= 4 is 34.5 Å². The summed E-state index contributed by atoms with van der Waals surface area (Å²) >= 11 is 0. The van der Waals surface area contributed by atoms with Gasteiger partial charge in [-0.05, 0) is 81.8 Å². The summed E-state index contributed by atoms with van der Waals surface area (Å²) in [6.07, 6.45) is 48.7. The predicted molar refractivity (Wildman–Crippen MR) is 329 cm³/mol. The number of Topliss-reactive ketones (excluding diaryl/α,β-unsaturated/α-hetero) is 4. The van der Waals surface area contributed by atoms with E-state index in [0.717, 1.165) is 126 Å². The van der Waals surface area contributed by atoms with E-state index in [-0.39, 0.29) is 23.1 Å². The molecule has 3 rings (SSSR count). The van der Waals surface area contributed by atoms with Gasteiger partial charge in [-0.2, -0.15) is 0 Å². The van der Waals surface area contributed by atoms with Crippen molar-refractivity contribution in [3.8, 4) is 0 Å². The molecule has 2 aromatic rings. The van der Waals surface area contributed by atoms with Gasteiger partial charge in [-0.15, -0.1) is 0 Å². The van der Waals surface area contributed by atoms with Crippen LogP contribution in [0, 0.1) is 0 Å². The lowest BCUT2D eigenvalue weighted by Crippen LogP contribution is -2.12. The number of hydrogen-bond donors (Lipinski definition) is 0. The van der Waals surface area contributed by atoms with Gasteiger partial charge in [0.25, 0.3) is 0 Å². The molecule has 6 nitrogen and oxygen atoms in total. The fraction of sp³-hybridized carbons (Fsp3) is 0.718. The van der Waals surface area contributed by atoms with Gasteiger partial charge in [-0.25, -0.2) is 4.70 Å². The second kappa shape index (κ2) is 43.1. The Morgan fingerprint density at radius 2 is 0.571 bits per heavy atom. The highest BCUT2D eigenvalue weighted by atomic mass is 16.1. The predicted octanol–water partition coefficient (Wildman–Crippen LogP) is 23.3. The molecule has 432 valence electrons. The Bertz CT molecular complexity index is 2070. The van der Waals surface area contributed by atoms with Crippen LogP contribution in [0.25, 0.3) is 16.9 Å². The number of unbranched alkanes of at least 4 members (excludes halogenated alkanes) is 35. The molecule has 0 saturated carbocycles. The number of carbonyl (C=O) groups is 4. The maximum Gasteiger partial charge on any atom is 0.211 e. The van der Waals surface area contributed by atoms with Crippen LogP contribution in [0.5, 0.6) is 0 Å². The number of benzene rings is 2. The van der Waals surface area contributed by atoms with Crippen molar-refractivity contribution in [2.24, 2.45) is 0 Å². The van der Waals surface area contributed by atoms with Crippen LogP contribution in [0.3, 0.4) is 0 Å². The van der Waals surface area contributed by atoms with Crippen molar-refractivity contribution < 1.29 is 23.9 Å². The minimum absolute atomic E-state index is 0.000468. The van der Waals surface area contributed by atoms with Crippen LogP contribution < -0.4 is 0 Å². The Kier molecular flexibility index (Phi) is 37.7. The van der Waals surface area contributed by atoms with Crippen molar-refractivity contribution in [1.29, 1.82) is 0 Å². The largest absolute Gasteiger partial charge is 0.493 e. The first-order chi connectivity index (χ1) is 37.6. The van der Waals surface area contributed by atoms with Gasteiger partial charge in [0, 0.05) is 70.2 Å². The zero-order valence-corrected chi connectivity index (χ0v) is 50.8. The quantitative estimate of drug-likeness (QED) is 0.0375. The molecule has 1 aliphatic heterocycles. The van der Waals surface area contributed by atoms with Crippen LogP contribution in [-0.4, -0.2) is 27.8 Å². The fourth-order valence-electron chi connectivity index (χ4n) is 11.6. The molecule has 0 N–H and O–H groups in total. The molecule has 77 heavy (non-hydrogen) atoms. The zero-order chi connectivity index (χ0) is 55.7. The third kappa shape index (κ3) is 26.4. The highest BCUT2D eigenvalue weighted by Crippen LogP contribution is 2.43. The van der Waals surface area contributed by atoms with E-state index >= 15 is 0 Å². The average molecular weight is 1060 g/mol. The van der Waals surface area contributed by atoms with Crippen LogP contribution in [0.2, 0.25) is 0 Å². The van der Waals surface area contributed by atoms with Crippen molar-refractivity contribution in [3.63, 3.8) is 0 Å². The van der Waals surface area contributed by atoms with Gasteiger partial charge in [0.05, 0.1) is 0 Å². The van der Waals surface area contributed by atoms with Crippen molar-refractivity contribution in [3.05, 3.63) is 86.5 Å². The van der Waals surface area contributed by atoms with Crippen LogP contribution >= 0.6 is 0 Å². The standard InChI is InChI=1S/C71H114N2O4/c1-7-12-17-22-26-30-34-38-43-48-66(74)62-54-52-59(56-64(62)68(76)50-45-40-36-32-28-24-19-14-9-3)70-58(6)61(47-42-21-16-11-5)71(73(70)72)60-53-55-63(67(75)49-44-39-35-31-27-23-18-13-8-2)65(57-60)69(77)51-46-41-37-33-29-25-20-15-10-4/h52-57H,7-51H2,1-6H3. The van der Waals surface area contributed by atoms with Gasteiger partial charge in [-0.1, -0.05) is 259 Å². The Balaban J connectivity index is 1.96. The topological polar surface area (TPSA) is 93.6 Å². The molecule has 0 aliphatic carbocycles. The SMILES string of the molecule is CCCCCCCCCCCC(=O)c1ccc(C2=C(C)C(CCCCCC)=C(c3ccc(C(=O)CCCCCCCCCCC)c(C(=O)CCCCCCCCCCC)c3)[N+]2=[N-])cc1C(=O)CCCCCCCCCCC. The van der Waals surface area contributed by atoms with Crippen molar-refractivity contribution in [2.45, 2.75) is 330 Å². The molecule has 0 aromatic heterocycles. The molecule has 0 amide bonds. The van der Waals surface area contributed by atoms with E-state index in [0.29, 0.717) is 64.9 Å². The average Bonchev–Trinajstić information content (AvgIpc) is 3.70. The van der Waals surface area contributed by atoms with E-state index in [1.807, 2.05) is 36.4 Å². The molecule has 2 aromatic carbocycles. The second-order valence-corrected chi connectivity index (χ2v) is 23.5. The van der Waals surface area contributed by atoms with Gasteiger partial charge >= 0.3 is 0 Å². The Morgan fingerprint density at radius 1 is 0.325 bits per heavy atom. The van der Waals surface area contributed by atoms with E-state index in [1.54, 1.807) is 0 Å². The molecular formula is C71H114N2O4. The molecule has 6 heteroatoms. The summed E-state index contributed by atoms with van der Waals surface area (Å²) in [5.74, 6) is 0.0469. The van der Waals surface area contributed by atoms with E-state index in [9.17, 15) is 24.7 Å². The molecule has 1 heterocycles. The molecule has 0 spiro atoms. The normalized spacial score (nSPS) is 12.7. The number of allylic oxidation sites excluding steroid dienone is 2. The summed E-state index contributed by atoms with van der Waals surface area (Å²) in [7, 11) is 0. The van der Waals surface area contributed by atoms with Gasteiger partial charge < -0.3 is 5.53 Å². The molecule has 0 atom stereocenters. The maximum absolute atomic E-state index is 14.4. The molecular weight excluding hydrogens is 945 g/mol. The first-order valence-corrected chi connectivity index (χ1v) is 33.0. The smallest absolute Gasteiger partial charge is 0.211 e. The summed E-state index contributed by atoms with van der Waals surface area (Å²) in [6.45, 7) is 13.3. The lowest BCUT2D eigenvalue weighted by atomic mass is 9.90. The van der Waals surface area contributed by atoms with Crippen LogP contribution in [0.4, 0.5) is 0 Å². The Hall–Kier alpha value is -3.80. The molecule has 0 radical (unpaired) electrons. The van der Waals surface area contributed by atoms with Gasteiger partial charge in [0.15, 0.2) is 23.1 Å². The summed E-state index contributed by atoms with van der Waals surface area (Å²) in [5, 5.41) is 0. The van der Waals surface area contributed by atoms with Crippen molar-refractivity contribution in [2.75, 3.05) is 0 Å². The van der Waals surface area contributed by atoms with Crippen molar-refractivity contribution in [1.82, 2.24) is 0 Å². The lowest BCUT2D eigenvalue weighted by molar-refractivity contribution is -0.345. The van der Waals surface area contributed by atoms with E-state index < -0.39 is 0 Å². The van der Waals surface area contributed by atoms with Gasteiger partial charge in [0.1, 0.15) is 0 Å². The zero-order valence-electron chi connectivity index (χ0n) is 50.8. The van der Waals surface area contributed by atoms with Gasteiger partial charge in [0.2, 0.25) is 11.4 Å². The third-order valence-corrected chi connectivity index (χ3v) is 16.6. The first-order valence-electron chi connectivity index (χ1n) is 33.0. The van der Waals surface area contributed by atoms with E-state index in [4.69, 9.17) is 0 Å². The summed E-state index contributed by atoms with van der Waals surface area (Å²) in [4.78, 5) is 57.0. The maximum atomic E-state index is 14.4. The molecule has 1 aliphatic rings. The molecule has 0 bridgehead atoms. The summed E-state index contributed by atoms with van der Waals surface area (Å²) in [6, 6.07) is 11.3. The highest BCUT2D eigenvalue weighted by molar-refractivity contribution is 6.10. The third-order valence-electron chi connectivity index (χ3n) is 16.6. The molecule has 0 fully saturated rings. The number of ketones is 4. The Morgan fingerprint density at radius 3 is 0.870 bits per heavy atom. The minimum Gasteiger partial charge on any atom is -0.493 e. The van der Waals surface area contributed by atoms with E-state index in [2.05, 4.69) is 41.5 Å². The summed E-state index contributed by atoms with van der Waals surface area (Å²) in [5.41, 5.74) is 19.2. The van der Waals surface area contributed by atoms with Crippen LogP contribution in [-0.2, 0) is 0 Å². The monoisotopic (exact) mass is 1060 g/mol. The molecule has 0 unspecified atom stereocenters. The van der Waals surface area contributed by atoms with Crippen LogP contribution in [0.15, 0.2) is 47.5 Å². The minimum atomic E-state index is -0.00303. The fourth-order valence-corrected chi connectivity index (χ4v) is 11.6. The number of rotatable bonds is 51. The van der Waals surface area contributed by atoms with E-state index in [1.165, 1.54) is 159 Å². The first kappa shape index (κ1) is 67.5. The Labute approximate surface area is 473 Å². The summed E-state index contributed by atoms with van der Waals surface area (Å²) < 4.78 is 1.28. The number of carbonyl (C=O) groups excluding carboxylic acids is 4.